The Morgan fingerprint density at radius 1 is 1.06 bits per heavy atom. The van der Waals surface area contributed by atoms with Crippen LogP contribution in [0.1, 0.15) is 16.7 Å². The van der Waals surface area contributed by atoms with Gasteiger partial charge in [0.2, 0.25) is 0 Å². The predicted octanol–water partition coefficient (Wildman–Crippen LogP) is 3.43. The molecule has 14 heteroatoms. The Balaban J connectivity index is 1.80. The normalized spacial score (nSPS) is 11.8. The SMILES string of the molecule is CNS(=O)(=O)Nc1nccc(Cc2cncc(Nc3ccc(OC(F)(F)F)cn3)c2C)c1F. The molecule has 0 amide bonds. The Morgan fingerprint density at radius 3 is 2.45 bits per heavy atom. The lowest BCUT2D eigenvalue weighted by Gasteiger charge is -2.14. The van der Waals surface area contributed by atoms with Crippen molar-refractivity contribution in [1.29, 1.82) is 0 Å². The molecule has 33 heavy (non-hydrogen) atoms. The van der Waals surface area contributed by atoms with Crippen molar-refractivity contribution in [2.24, 2.45) is 0 Å². The number of hydrogen-bond acceptors (Lipinski definition) is 7. The third-order valence-electron chi connectivity index (χ3n) is 4.40. The van der Waals surface area contributed by atoms with Gasteiger partial charge in [0.25, 0.3) is 10.2 Å². The molecule has 0 atom stereocenters. The molecule has 0 aliphatic rings. The van der Waals surface area contributed by atoms with Gasteiger partial charge in [0.15, 0.2) is 11.6 Å². The van der Waals surface area contributed by atoms with Crippen molar-refractivity contribution < 1.29 is 30.7 Å². The molecule has 0 bridgehead atoms. The molecule has 0 radical (unpaired) electrons. The molecular weight excluding hydrogens is 468 g/mol. The molecule has 3 heterocycles. The minimum absolute atomic E-state index is 0.0722. The maximum Gasteiger partial charge on any atom is 0.573 e. The number of nitrogens with zero attached hydrogens (tertiary/aromatic N) is 3. The van der Waals surface area contributed by atoms with Crippen molar-refractivity contribution in [2.75, 3.05) is 17.1 Å². The first-order valence-corrected chi connectivity index (χ1v) is 10.7. The smallest absolute Gasteiger partial charge is 0.404 e. The number of alkyl halides is 3. The zero-order chi connectivity index (χ0) is 24.2. The first-order chi connectivity index (χ1) is 15.5. The van der Waals surface area contributed by atoms with Crippen molar-refractivity contribution in [3.05, 3.63) is 65.5 Å². The van der Waals surface area contributed by atoms with E-state index in [1.54, 1.807) is 6.92 Å². The minimum Gasteiger partial charge on any atom is -0.404 e. The molecular formula is C19H18F4N6O3S. The summed E-state index contributed by atoms with van der Waals surface area (Å²) in [7, 11) is -2.78. The quantitative estimate of drug-likeness (QED) is 0.418. The fraction of sp³-hybridized carbons (Fsp3) is 0.211. The number of hydrogen-bond donors (Lipinski definition) is 3. The van der Waals surface area contributed by atoms with E-state index in [0.717, 1.165) is 12.3 Å². The third-order valence-corrected chi connectivity index (χ3v) is 5.40. The van der Waals surface area contributed by atoms with Gasteiger partial charge in [0.05, 0.1) is 18.1 Å². The minimum atomic E-state index is -4.82. The van der Waals surface area contributed by atoms with Crippen molar-refractivity contribution in [1.82, 2.24) is 19.7 Å². The van der Waals surface area contributed by atoms with Crippen LogP contribution in [0, 0.1) is 12.7 Å². The number of rotatable bonds is 8. The van der Waals surface area contributed by atoms with E-state index in [0.29, 0.717) is 16.8 Å². The van der Waals surface area contributed by atoms with Crippen LogP contribution >= 0.6 is 0 Å². The molecule has 0 fully saturated rings. The van der Waals surface area contributed by atoms with Crippen LogP contribution in [0.15, 0.2) is 43.0 Å². The van der Waals surface area contributed by atoms with Crippen molar-refractivity contribution in [3.8, 4) is 5.75 Å². The van der Waals surface area contributed by atoms with Gasteiger partial charge >= 0.3 is 6.36 Å². The van der Waals surface area contributed by atoms with E-state index in [1.165, 1.54) is 37.8 Å². The molecule has 3 aromatic heterocycles. The molecule has 176 valence electrons. The van der Waals surface area contributed by atoms with Gasteiger partial charge in [-0.3, -0.25) is 9.71 Å². The largest absolute Gasteiger partial charge is 0.573 e. The number of nitrogens with one attached hydrogen (secondary N) is 3. The monoisotopic (exact) mass is 486 g/mol. The molecule has 0 saturated carbocycles. The summed E-state index contributed by atoms with van der Waals surface area (Å²) in [4.78, 5) is 11.7. The van der Waals surface area contributed by atoms with Gasteiger partial charge in [-0.1, -0.05) is 0 Å². The van der Waals surface area contributed by atoms with Crippen LogP contribution in [0.4, 0.5) is 34.9 Å². The molecule has 3 aromatic rings. The molecule has 3 rings (SSSR count). The summed E-state index contributed by atoms with van der Waals surface area (Å²) in [6.07, 6.45) is 0.443. The van der Waals surface area contributed by atoms with E-state index in [1.807, 2.05) is 9.44 Å². The number of halogens is 4. The lowest BCUT2D eigenvalue weighted by molar-refractivity contribution is -0.274. The van der Waals surface area contributed by atoms with Crippen LogP contribution < -0.4 is 19.5 Å². The second kappa shape index (κ2) is 9.54. The summed E-state index contributed by atoms with van der Waals surface area (Å²) < 4.78 is 82.7. The molecule has 0 aromatic carbocycles. The summed E-state index contributed by atoms with van der Waals surface area (Å²) in [5.74, 6) is -1.51. The zero-order valence-corrected chi connectivity index (χ0v) is 18.1. The summed E-state index contributed by atoms with van der Waals surface area (Å²) in [5, 5.41) is 2.94. The molecule has 0 aliphatic carbocycles. The van der Waals surface area contributed by atoms with Gasteiger partial charge in [-0.05, 0) is 41.8 Å². The highest BCUT2D eigenvalue weighted by Crippen LogP contribution is 2.27. The molecule has 9 nitrogen and oxygen atoms in total. The van der Waals surface area contributed by atoms with E-state index in [2.05, 4.69) is 25.0 Å². The van der Waals surface area contributed by atoms with Crippen LogP contribution in [-0.2, 0) is 16.6 Å². The summed E-state index contributed by atoms with van der Waals surface area (Å²) in [5.41, 5.74) is 1.96. The van der Waals surface area contributed by atoms with Gasteiger partial charge in [-0.2, -0.15) is 8.42 Å². The Labute approximate surface area is 186 Å². The number of ether oxygens (including phenoxy) is 1. The second-order valence-electron chi connectivity index (χ2n) is 6.64. The van der Waals surface area contributed by atoms with Gasteiger partial charge < -0.3 is 10.1 Å². The first kappa shape index (κ1) is 24.1. The van der Waals surface area contributed by atoms with Crippen LogP contribution in [-0.4, -0.2) is 36.8 Å². The fourth-order valence-corrected chi connectivity index (χ4v) is 3.23. The van der Waals surface area contributed by atoms with E-state index < -0.39 is 34.0 Å². The topological polar surface area (TPSA) is 118 Å². The van der Waals surface area contributed by atoms with E-state index in [-0.39, 0.29) is 17.8 Å². The third kappa shape index (κ3) is 6.49. The van der Waals surface area contributed by atoms with Crippen LogP contribution in [0.3, 0.4) is 0 Å². The average molecular weight is 486 g/mol. The highest BCUT2D eigenvalue weighted by Gasteiger charge is 2.31. The van der Waals surface area contributed by atoms with E-state index in [9.17, 15) is 26.0 Å². The molecule has 0 spiro atoms. The fourth-order valence-electron chi connectivity index (χ4n) is 2.73. The summed E-state index contributed by atoms with van der Waals surface area (Å²) >= 11 is 0. The van der Waals surface area contributed by atoms with Crippen molar-refractivity contribution in [2.45, 2.75) is 19.7 Å². The van der Waals surface area contributed by atoms with Crippen LogP contribution in [0.5, 0.6) is 5.75 Å². The van der Waals surface area contributed by atoms with Crippen molar-refractivity contribution >= 4 is 27.5 Å². The van der Waals surface area contributed by atoms with Gasteiger partial charge in [-0.15, -0.1) is 13.2 Å². The molecule has 0 aliphatic heterocycles. The molecule has 0 unspecified atom stereocenters. The number of aromatic nitrogens is 3. The van der Waals surface area contributed by atoms with Crippen LogP contribution in [0.2, 0.25) is 0 Å². The van der Waals surface area contributed by atoms with E-state index in [4.69, 9.17) is 0 Å². The lowest BCUT2D eigenvalue weighted by Crippen LogP contribution is -2.27. The summed E-state index contributed by atoms with van der Waals surface area (Å²) in [6.45, 7) is 1.74. The van der Waals surface area contributed by atoms with E-state index >= 15 is 0 Å². The number of anilines is 3. The Hall–Kier alpha value is -3.52. The zero-order valence-electron chi connectivity index (χ0n) is 17.2. The lowest BCUT2D eigenvalue weighted by atomic mass is 10.0. The molecule has 0 saturated heterocycles. The maximum absolute atomic E-state index is 14.8. The Kier molecular flexibility index (Phi) is 6.98. The first-order valence-electron chi connectivity index (χ1n) is 9.24. The average Bonchev–Trinajstić information content (AvgIpc) is 2.74. The highest BCUT2D eigenvalue weighted by atomic mass is 32.2. The van der Waals surface area contributed by atoms with Gasteiger partial charge in [-0.25, -0.2) is 19.1 Å². The summed E-state index contributed by atoms with van der Waals surface area (Å²) in [6, 6.07) is 3.82. The standard InChI is InChI=1S/C19H18F4N6O3S/c1-11-13(7-12-5-6-26-18(17(12)20)29-33(30,31)24-2)8-25-10-15(11)28-16-4-3-14(9-27-16)32-19(21,22)23/h3-6,8-10,24H,7H2,1-2H3,(H,26,29)(H,27,28). The molecule has 3 N–H and O–H groups in total. The second-order valence-corrected chi connectivity index (χ2v) is 8.26. The van der Waals surface area contributed by atoms with Crippen molar-refractivity contribution in [3.63, 3.8) is 0 Å². The Bertz CT molecular complexity index is 1240. The highest BCUT2D eigenvalue weighted by molar-refractivity contribution is 7.90. The number of pyridine rings is 3. The maximum atomic E-state index is 14.8. The predicted molar refractivity (Wildman–Crippen MR) is 112 cm³/mol. The van der Waals surface area contributed by atoms with Crippen LogP contribution in [0.25, 0.3) is 0 Å². The van der Waals surface area contributed by atoms with Gasteiger partial charge in [0, 0.05) is 25.9 Å². The Morgan fingerprint density at radius 2 is 1.82 bits per heavy atom. The van der Waals surface area contributed by atoms with Gasteiger partial charge in [0.1, 0.15) is 11.6 Å².